The molecule has 0 aliphatic heterocycles. The molecule has 1 aromatic carbocycles. The number of hydrogen-bond donors (Lipinski definition) is 1. The maximum Gasteiger partial charge on any atom is 0.435 e. The van der Waals surface area contributed by atoms with Crippen LogP contribution in [0.25, 0.3) is 0 Å². The molecule has 14 heteroatoms. The second-order valence-corrected chi connectivity index (χ2v) is 10.4. The summed E-state index contributed by atoms with van der Waals surface area (Å²) in [5, 5.41) is 8.88. The molecule has 1 saturated carbocycles. The monoisotopic (exact) mass is 540 g/mol. The molecule has 9 nitrogen and oxygen atoms in total. The number of nitrogens with zero attached hydrogens (tertiary/aromatic N) is 3. The molecule has 1 aliphatic carbocycles. The van der Waals surface area contributed by atoms with Gasteiger partial charge in [0.25, 0.3) is 17.7 Å². The molecule has 1 amide bonds. The van der Waals surface area contributed by atoms with Gasteiger partial charge in [0, 0.05) is 17.9 Å². The molecule has 0 radical (unpaired) electrons. The number of carbonyl (C=O) groups excluding carboxylic acids is 1. The Morgan fingerprint density at radius 3 is 2.43 bits per heavy atom. The Morgan fingerprint density at radius 2 is 1.84 bits per heavy atom. The van der Waals surface area contributed by atoms with Crippen LogP contribution in [0.5, 0.6) is 17.5 Å². The van der Waals surface area contributed by atoms with Gasteiger partial charge in [0.2, 0.25) is 5.75 Å². The van der Waals surface area contributed by atoms with Crippen LogP contribution in [0, 0.1) is 12.7 Å². The number of benzene rings is 1. The first-order valence-electron chi connectivity index (χ1n) is 10.8. The van der Waals surface area contributed by atoms with Gasteiger partial charge in [0.15, 0.2) is 21.3 Å². The van der Waals surface area contributed by atoms with Gasteiger partial charge in [0.1, 0.15) is 5.56 Å². The number of methoxy groups -OCH3 is 1. The minimum atomic E-state index is -4.96. The van der Waals surface area contributed by atoms with Crippen LogP contribution < -0.4 is 14.8 Å². The van der Waals surface area contributed by atoms with E-state index in [2.05, 4.69) is 20.5 Å². The number of amides is 1. The quantitative estimate of drug-likeness (QED) is 0.429. The number of aromatic nitrogens is 3. The number of nitrogens with one attached hydrogen (secondary N) is 1. The first-order chi connectivity index (χ1) is 17.3. The SMILES string of the molecule is COc1nc(C2CC2)cc(F)c1Oc1nnc(C(F)(F)F)c(C)c1C(=O)Nc1cccc(S(C)(=O)=O)c1. The minimum absolute atomic E-state index is 0.0251. The molecule has 0 unspecified atom stereocenters. The number of ether oxygens (including phenoxy) is 2. The number of sulfone groups is 1. The van der Waals surface area contributed by atoms with E-state index < -0.39 is 56.2 Å². The Bertz CT molecular complexity index is 1490. The summed E-state index contributed by atoms with van der Waals surface area (Å²) in [5.74, 6) is -3.59. The molecule has 2 aromatic heterocycles. The van der Waals surface area contributed by atoms with Crippen molar-refractivity contribution in [3.63, 3.8) is 0 Å². The van der Waals surface area contributed by atoms with Gasteiger partial charge in [-0.1, -0.05) is 6.07 Å². The fourth-order valence-corrected chi connectivity index (χ4v) is 4.19. The molecule has 3 aromatic rings. The normalized spacial score (nSPS) is 13.8. The van der Waals surface area contributed by atoms with Crippen molar-refractivity contribution in [3.8, 4) is 17.5 Å². The first-order valence-corrected chi connectivity index (χ1v) is 12.7. The van der Waals surface area contributed by atoms with E-state index in [1.165, 1.54) is 25.3 Å². The van der Waals surface area contributed by atoms with Crippen molar-refractivity contribution in [1.29, 1.82) is 0 Å². The van der Waals surface area contributed by atoms with Gasteiger partial charge in [-0.2, -0.15) is 13.2 Å². The lowest BCUT2D eigenvalue weighted by atomic mass is 10.1. The molecule has 1 aliphatic rings. The summed E-state index contributed by atoms with van der Waals surface area (Å²) in [4.78, 5) is 17.2. The van der Waals surface area contributed by atoms with Crippen LogP contribution in [0.3, 0.4) is 0 Å². The number of halogens is 4. The highest BCUT2D eigenvalue weighted by Gasteiger charge is 2.38. The summed E-state index contributed by atoms with van der Waals surface area (Å²) in [6.07, 6.45) is -2.36. The van der Waals surface area contributed by atoms with Gasteiger partial charge >= 0.3 is 6.18 Å². The molecule has 1 N–H and O–H groups in total. The van der Waals surface area contributed by atoms with E-state index in [4.69, 9.17) is 9.47 Å². The molecule has 0 spiro atoms. The van der Waals surface area contributed by atoms with Gasteiger partial charge in [-0.05, 0) is 49.6 Å². The third-order valence-electron chi connectivity index (χ3n) is 5.50. The van der Waals surface area contributed by atoms with E-state index in [0.29, 0.717) is 5.69 Å². The van der Waals surface area contributed by atoms with Crippen molar-refractivity contribution >= 4 is 21.4 Å². The molecule has 0 saturated heterocycles. The topological polar surface area (TPSA) is 120 Å². The van der Waals surface area contributed by atoms with Crippen molar-refractivity contribution in [2.45, 2.75) is 36.8 Å². The summed E-state index contributed by atoms with van der Waals surface area (Å²) in [7, 11) is -2.43. The van der Waals surface area contributed by atoms with Crippen molar-refractivity contribution in [1.82, 2.24) is 15.2 Å². The fraction of sp³-hybridized carbons (Fsp3) is 0.304. The number of carbonyl (C=O) groups is 1. The van der Waals surface area contributed by atoms with E-state index in [1.807, 2.05) is 0 Å². The van der Waals surface area contributed by atoms with Crippen LogP contribution in [0.2, 0.25) is 0 Å². The van der Waals surface area contributed by atoms with Crippen LogP contribution in [0.4, 0.5) is 23.2 Å². The standard InChI is InChI=1S/C23H20F4N4O5S/c1-11-17(20(32)28-13-5-4-6-14(9-13)37(3,33)34)21(31-30-19(11)23(25,26)27)36-18-15(24)10-16(12-7-8-12)29-22(18)35-2/h4-6,9-10,12H,7-8H2,1-3H3,(H,28,32). The molecular formula is C23H20F4N4O5S. The molecule has 196 valence electrons. The largest absolute Gasteiger partial charge is 0.478 e. The Balaban J connectivity index is 1.78. The van der Waals surface area contributed by atoms with Gasteiger partial charge in [-0.15, -0.1) is 10.2 Å². The predicted molar refractivity (Wildman–Crippen MR) is 122 cm³/mol. The van der Waals surface area contributed by atoms with Crippen molar-refractivity contribution in [2.24, 2.45) is 0 Å². The Hall–Kier alpha value is -3.81. The lowest BCUT2D eigenvalue weighted by Crippen LogP contribution is -2.21. The zero-order chi connectivity index (χ0) is 27.1. The number of hydrogen-bond acceptors (Lipinski definition) is 8. The average molecular weight is 540 g/mol. The highest BCUT2D eigenvalue weighted by Crippen LogP contribution is 2.43. The summed E-state index contributed by atoms with van der Waals surface area (Å²) < 4.78 is 89.8. The van der Waals surface area contributed by atoms with Gasteiger partial charge in [-0.3, -0.25) is 4.79 Å². The van der Waals surface area contributed by atoms with E-state index in [1.54, 1.807) is 0 Å². The minimum Gasteiger partial charge on any atom is -0.478 e. The molecule has 1 fully saturated rings. The molecule has 0 atom stereocenters. The maximum atomic E-state index is 14.9. The second kappa shape index (κ2) is 9.57. The fourth-order valence-electron chi connectivity index (χ4n) is 3.52. The van der Waals surface area contributed by atoms with Crippen LogP contribution in [0.1, 0.15) is 46.1 Å². The van der Waals surface area contributed by atoms with Crippen molar-refractivity contribution in [3.05, 3.63) is 58.7 Å². The van der Waals surface area contributed by atoms with E-state index in [0.717, 1.165) is 38.2 Å². The molecule has 4 rings (SSSR count). The Morgan fingerprint density at radius 1 is 1.14 bits per heavy atom. The summed E-state index contributed by atoms with van der Waals surface area (Å²) in [6, 6.07) is 6.22. The predicted octanol–water partition coefficient (Wildman–Crippen LogP) is 4.67. The summed E-state index contributed by atoms with van der Waals surface area (Å²) in [6.45, 7) is 0.980. The number of alkyl halides is 3. The molecule has 37 heavy (non-hydrogen) atoms. The number of pyridine rings is 1. The van der Waals surface area contributed by atoms with E-state index in [9.17, 15) is 30.8 Å². The van der Waals surface area contributed by atoms with Crippen LogP contribution >= 0.6 is 0 Å². The van der Waals surface area contributed by atoms with Gasteiger partial charge in [0.05, 0.1) is 17.7 Å². The van der Waals surface area contributed by atoms with Crippen LogP contribution in [-0.2, 0) is 16.0 Å². The third-order valence-corrected chi connectivity index (χ3v) is 6.61. The Kier molecular flexibility index (Phi) is 6.79. The number of anilines is 1. The van der Waals surface area contributed by atoms with E-state index >= 15 is 0 Å². The summed E-state index contributed by atoms with van der Waals surface area (Å²) >= 11 is 0. The Labute approximate surface area is 208 Å². The zero-order valence-corrected chi connectivity index (χ0v) is 20.5. The first kappa shape index (κ1) is 26.3. The van der Waals surface area contributed by atoms with Crippen molar-refractivity contribution < 1.29 is 40.2 Å². The maximum absolute atomic E-state index is 14.9. The van der Waals surface area contributed by atoms with Gasteiger partial charge < -0.3 is 14.8 Å². The zero-order valence-electron chi connectivity index (χ0n) is 19.7. The van der Waals surface area contributed by atoms with Gasteiger partial charge in [-0.25, -0.2) is 17.8 Å². The highest BCUT2D eigenvalue weighted by molar-refractivity contribution is 7.90. The average Bonchev–Trinajstić information content (AvgIpc) is 3.64. The van der Waals surface area contributed by atoms with Crippen LogP contribution in [0.15, 0.2) is 35.2 Å². The number of rotatable bonds is 7. The molecular weight excluding hydrogens is 520 g/mol. The third kappa shape index (κ3) is 5.63. The molecule has 0 bridgehead atoms. The smallest absolute Gasteiger partial charge is 0.435 e. The second-order valence-electron chi connectivity index (χ2n) is 8.35. The van der Waals surface area contributed by atoms with Crippen molar-refractivity contribution in [2.75, 3.05) is 18.7 Å². The molecule has 2 heterocycles. The van der Waals surface area contributed by atoms with Crippen LogP contribution in [-0.4, -0.2) is 42.9 Å². The lowest BCUT2D eigenvalue weighted by molar-refractivity contribution is -0.142. The lowest BCUT2D eigenvalue weighted by Gasteiger charge is -2.17. The van der Waals surface area contributed by atoms with E-state index in [-0.39, 0.29) is 22.4 Å². The highest BCUT2D eigenvalue weighted by atomic mass is 32.2. The summed E-state index contributed by atoms with van der Waals surface area (Å²) in [5.41, 5.74) is -2.39.